The molecule has 0 unspecified atom stereocenters. The molecule has 0 spiro atoms. The highest BCUT2D eigenvalue weighted by Crippen LogP contribution is 2.44. The van der Waals surface area contributed by atoms with E-state index in [-0.39, 0.29) is 17.8 Å². The lowest BCUT2D eigenvalue weighted by molar-refractivity contribution is -0.173. The van der Waals surface area contributed by atoms with Crippen LogP contribution in [0.1, 0.15) is 34.4 Å². The van der Waals surface area contributed by atoms with Crippen molar-refractivity contribution in [3.8, 4) is 0 Å². The van der Waals surface area contributed by atoms with Gasteiger partial charge in [-0.2, -0.15) is 18.3 Å². The Kier molecular flexibility index (Phi) is 3.31. The molecule has 2 atom stereocenters. The highest BCUT2D eigenvalue weighted by atomic mass is 19.4. The van der Waals surface area contributed by atoms with Gasteiger partial charge < -0.3 is 11.1 Å². The fourth-order valence-electron chi connectivity index (χ4n) is 2.65. The second kappa shape index (κ2) is 5.04. The molecule has 2 heterocycles. The van der Waals surface area contributed by atoms with Crippen LogP contribution in [0.4, 0.5) is 19.0 Å². The zero-order chi connectivity index (χ0) is 15.9. The van der Waals surface area contributed by atoms with Crippen LogP contribution in [-0.2, 0) is 0 Å². The monoisotopic (exact) mass is 310 g/mol. The molecule has 1 aliphatic rings. The Labute approximate surface area is 123 Å². The lowest BCUT2D eigenvalue weighted by Gasteiger charge is -2.33. The first-order valence-corrected chi connectivity index (χ1v) is 6.63. The van der Waals surface area contributed by atoms with E-state index in [0.29, 0.717) is 5.56 Å². The van der Waals surface area contributed by atoms with E-state index in [1.54, 1.807) is 30.3 Å². The summed E-state index contributed by atoms with van der Waals surface area (Å²) in [5.74, 6) is -0.807. The number of hydrogen-bond acceptors (Lipinski definition) is 3. The van der Waals surface area contributed by atoms with E-state index >= 15 is 0 Å². The molecular weight excluding hydrogens is 297 g/mol. The molecule has 0 bridgehead atoms. The Morgan fingerprint density at radius 1 is 1.32 bits per heavy atom. The second-order valence-corrected chi connectivity index (χ2v) is 5.12. The number of hydrogen-bond donors (Lipinski definition) is 2. The Hall–Kier alpha value is -2.51. The highest BCUT2D eigenvalue weighted by Gasteiger charge is 2.47. The van der Waals surface area contributed by atoms with Crippen molar-refractivity contribution >= 4 is 11.7 Å². The quantitative estimate of drug-likeness (QED) is 0.895. The van der Waals surface area contributed by atoms with Crippen molar-refractivity contribution in [2.24, 2.45) is 5.73 Å². The van der Waals surface area contributed by atoms with Crippen LogP contribution in [0.25, 0.3) is 0 Å². The normalized spacial score (nSPS) is 21.0. The lowest BCUT2D eigenvalue weighted by atomic mass is 9.96. The number of nitrogens with two attached hydrogens (primary N) is 1. The van der Waals surface area contributed by atoms with Crippen LogP contribution in [0.5, 0.6) is 0 Å². The number of primary amides is 1. The smallest absolute Gasteiger partial charge is 0.365 e. The summed E-state index contributed by atoms with van der Waals surface area (Å²) in [4.78, 5) is 11.4. The molecular formula is C14H13F3N4O. The van der Waals surface area contributed by atoms with Crippen LogP contribution < -0.4 is 11.1 Å². The fraction of sp³-hybridized carbons (Fsp3) is 0.286. The van der Waals surface area contributed by atoms with Crippen molar-refractivity contribution in [1.82, 2.24) is 9.78 Å². The summed E-state index contributed by atoms with van der Waals surface area (Å²) in [7, 11) is 0. The molecule has 1 amide bonds. The predicted molar refractivity (Wildman–Crippen MR) is 73.3 cm³/mol. The molecule has 0 saturated heterocycles. The summed E-state index contributed by atoms with van der Waals surface area (Å²) in [6, 6.07) is 6.38. The van der Waals surface area contributed by atoms with E-state index in [2.05, 4.69) is 10.4 Å². The van der Waals surface area contributed by atoms with Crippen LogP contribution in [0.2, 0.25) is 0 Å². The average molecular weight is 310 g/mol. The first-order chi connectivity index (χ1) is 10.4. The summed E-state index contributed by atoms with van der Waals surface area (Å²) in [5.41, 5.74) is 5.87. The van der Waals surface area contributed by atoms with Gasteiger partial charge in [-0.05, 0) is 5.56 Å². The number of carbonyl (C=O) groups excluding carboxylic acids is 1. The number of fused-ring (bicyclic) bond motifs is 1. The van der Waals surface area contributed by atoms with Gasteiger partial charge in [0.05, 0.1) is 12.2 Å². The number of carbonyl (C=O) groups is 1. The minimum Gasteiger partial charge on any atom is -0.365 e. The van der Waals surface area contributed by atoms with E-state index in [0.717, 1.165) is 10.9 Å². The van der Waals surface area contributed by atoms with E-state index in [1.807, 2.05) is 0 Å². The third-order valence-corrected chi connectivity index (χ3v) is 3.71. The largest absolute Gasteiger partial charge is 0.410 e. The van der Waals surface area contributed by atoms with Crippen LogP contribution in [0.3, 0.4) is 0 Å². The maximum absolute atomic E-state index is 13.3. The fourth-order valence-corrected chi connectivity index (χ4v) is 2.65. The van der Waals surface area contributed by atoms with Crippen LogP contribution >= 0.6 is 0 Å². The number of aromatic nitrogens is 2. The van der Waals surface area contributed by atoms with Gasteiger partial charge in [0.2, 0.25) is 0 Å². The summed E-state index contributed by atoms with van der Waals surface area (Å²) < 4.78 is 40.7. The Morgan fingerprint density at radius 3 is 2.59 bits per heavy atom. The van der Waals surface area contributed by atoms with Crippen molar-refractivity contribution in [3.63, 3.8) is 0 Å². The summed E-state index contributed by atoms with van der Waals surface area (Å²) in [5, 5.41) is 6.63. The number of amides is 1. The molecule has 1 aromatic heterocycles. The maximum atomic E-state index is 13.3. The Bertz CT molecular complexity index is 696. The van der Waals surface area contributed by atoms with Gasteiger partial charge in [-0.25, -0.2) is 4.68 Å². The van der Waals surface area contributed by atoms with E-state index < -0.39 is 24.2 Å². The zero-order valence-corrected chi connectivity index (χ0v) is 11.3. The summed E-state index contributed by atoms with van der Waals surface area (Å²) in [6.45, 7) is 0. The molecule has 0 radical (unpaired) electrons. The van der Waals surface area contributed by atoms with Crippen molar-refractivity contribution in [1.29, 1.82) is 0 Å². The number of nitrogens with one attached hydrogen (secondary N) is 1. The average Bonchev–Trinajstić information content (AvgIpc) is 2.90. The Morgan fingerprint density at radius 2 is 2.00 bits per heavy atom. The van der Waals surface area contributed by atoms with Gasteiger partial charge in [-0.3, -0.25) is 4.79 Å². The molecule has 5 nitrogen and oxygen atoms in total. The summed E-state index contributed by atoms with van der Waals surface area (Å²) in [6.07, 6.45) is -3.61. The van der Waals surface area contributed by atoms with E-state index in [4.69, 9.17) is 5.73 Å². The second-order valence-electron chi connectivity index (χ2n) is 5.12. The SMILES string of the molecule is NC(=O)c1cnn2c1N[C@@H](c1ccccc1)C[C@H]2C(F)(F)F. The third-order valence-electron chi connectivity index (χ3n) is 3.71. The van der Waals surface area contributed by atoms with Crippen LogP contribution in [0.15, 0.2) is 36.5 Å². The molecule has 1 aliphatic heterocycles. The molecule has 0 saturated carbocycles. The first kappa shape index (κ1) is 14.4. The molecule has 2 aromatic rings. The molecule has 3 N–H and O–H groups in total. The van der Waals surface area contributed by atoms with Crippen molar-refractivity contribution in [2.75, 3.05) is 5.32 Å². The van der Waals surface area contributed by atoms with Gasteiger partial charge in [0, 0.05) is 6.42 Å². The topological polar surface area (TPSA) is 72.9 Å². The number of rotatable bonds is 2. The molecule has 22 heavy (non-hydrogen) atoms. The summed E-state index contributed by atoms with van der Waals surface area (Å²) >= 11 is 0. The highest BCUT2D eigenvalue weighted by molar-refractivity contribution is 5.97. The number of anilines is 1. The van der Waals surface area contributed by atoms with Crippen LogP contribution in [0, 0.1) is 0 Å². The minimum atomic E-state index is -4.47. The lowest BCUT2D eigenvalue weighted by Crippen LogP contribution is -2.36. The molecule has 8 heteroatoms. The number of halogens is 3. The molecule has 3 rings (SSSR count). The maximum Gasteiger partial charge on any atom is 0.410 e. The molecule has 1 aromatic carbocycles. The van der Waals surface area contributed by atoms with Gasteiger partial charge in [-0.15, -0.1) is 0 Å². The van der Waals surface area contributed by atoms with Crippen LogP contribution in [-0.4, -0.2) is 21.9 Å². The predicted octanol–water partition coefficient (Wildman–Crippen LogP) is 2.64. The van der Waals surface area contributed by atoms with Crippen molar-refractivity contribution in [2.45, 2.75) is 24.7 Å². The Balaban J connectivity index is 2.07. The van der Waals surface area contributed by atoms with Gasteiger partial charge in [-0.1, -0.05) is 30.3 Å². The van der Waals surface area contributed by atoms with Gasteiger partial charge in [0.25, 0.3) is 5.91 Å². The van der Waals surface area contributed by atoms with Gasteiger partial charge in [0.1, 0.15) is 11.4 Å². The van der Waals surface area contributed by atoms with Gasteiger partial charge in [0.15, 0.2) is 6.04 Å². The minimum absolute atomic E-state index is 0.00919. The van der Waals surface area contributed by atoms with E-state index in [1.165, 1.54) is 0 Å². The molecule has 116 valence electrons. The van der Waals surface area contributed by atoms with E-state index in [9.17, 15) is 18.0 Å². The zero-order valence-electron chi connectivity index (χ0n) is 11.3. The first-order valence-electron chi connectivity index (χ1n) is 6.63. The van der Waals surface area contributed by atoms with Crippen molar-refractivity contribution in [3.05, 3.63) is 47.7 Å². The standard InChI is InChI=1S/C14H13F3N4O/c15-14(16,17)11-6-10(8-4-2-1-3-5-8)20-13-9(12(18)22)7-19-21(11)13/h1-5,7,10-11,20H,6H2,(H2,18,22)/t10-,11+/m1/s1. The van der Waals surface area contributed by atoms with Crippen molar-refractivity contribution < 1.29 is 18.0 Å². The molecule has 0 aliphatic carbocycles. The third kappa shape index (κ3) is 2.40. The number of benzene rings is 1. The van der Waals surface area contributed by atoms with Gasteiger partial charge >= 0.3 is 6.18 Å². The molecule has 0 fully saturated rings. The number of nitrogens with zero attached hydrogens (tertiary/aromatic N) is 2. The number of alkyl halides is 3.